The summed E-state index contributed by atoms with van der Waals surface area (Å²) in [5.41, 5.74) is 7.05. The predicted molar refractivity (Wildman–Crippen MR) is 132 cm³/mol. The first-order chi connectivity index (χ1) is 15.4. The maximum atomic E-state index is 13.7. The lowest BCUT2D eigenvalue weighted by molar-refractivity contribution is -0.132. The Balaban J connectivity index is 1.77. The summed E-state index contributed by atoms with van der Waals surface area (Å²) in [6.45, 7) is 8.90. The number of para-hydroxylation sites is 1. The van der Waals surface area contributed by atoms with E-state index in [1.54, 1.807) is 0 Å². The molecule has 1 amide bonds. The molecule has 0 saturated heterocycles. The molecule has 32 heavy (non-hydrogen) atoms. The van der Waals surface area contributed by atoms with Crippen molar-refractivity contribution in [3.05, 3.63) is 71.3 Å². The molecule has 1 saturated carbocycles. The fraction of sp³-hybridized carbons (Fsp3) is 0.414. The van der Waals surface area contributed by atoms with Crippen LogP contribution in [-0.4, -0.2) is 21.4 Å². The van der Waals surface area contributed by atoms with Crippen LogP contribution in [0.5, 0.6) is 0 Å². The summed E-state index contributed by atoms with van der Waals surface area (Å²) in [6.07, 6.45) is 3.56. The SMILES string of the molecule is CC1=C(C)C(c2c(-c3ccccc3)n(C)c3ccccc23)N(C2CCCC(C)C2C)C1=O. The van der Waals surface area contributed by atoms with Gasteiger partial charge < -0.3 is 9.47 Å². The molecule has 5 rings (SSSR count). The Morgan fingerprint density at radius 2 is 1.59 bits per heavy atom. The predicted octanol–water partition coefficient (Wildman–Crippen LogP) is 6.89. The maximum Gasteiger partial charge on any atom is 0.250 e. The molecular formula is C29H34N2O. The van der Waals surface area contributed by atoms with E-state index < -0.39 is 0 Å². The van der Waals surface area contributed by atoms with Crippen LogP contribution >= 0.6 is 0 Å². The van der Waals surface area contributed by atoms with Gasteiger partial charge in [-0.2, -0.15) is 0 Å². The van der Waals surface area contributed by atoms with Crippen molar-refractivity contribution in [1.29, 1.82) is 0 Å². The van der Waals surface area contributed by atoms with Gasteiger partial charge in [0.2, 0.25) is 0 Å². The third-order valence-electron chi connectivity index (χ3n) is 8.32. The quantitative estimate of drug-likeness (QED) is 0.448. The van der Waals surface area contributed by atoms with E-state index in [1.807, 2.05) is 6.92 Å². The molecule has 0 spiro atoms. The Kier molecular flexibility index (Phi) is 5.23. The van der Waals surface area contributed by atoms with E-state index in [1.165, 1.54) is 46.1 Å². The van der Waals surface area contributed by atoms with Gasteiger partial charge in [0.15, 0.2) is 0 Å². The maximum absolute atomic E-state index is 13.7. The highest BCUT2D eigenvalue weighted by molar-refractivity contribution is 6.00. The molecule has 0 bridgehead atoms. The van der Waals surface area contributed by atoms with Crippen LogP contribution in [0.25, 0.3) is 22.2 Å². The highest BCUT2D eigenvalue weighted by Crippen LogP contribution is 2.49. The van der Waals surface area contributed by atoms with Gasteiger partial charge in [-0.25, -0.2) is 0 Å². The lowest BCUT2D eigenvalue weighted by Gasteiger charge is -2.43. The van der Waals surface area contributed by atoms with Crippen molar-refractivity contribution < 1.29 is 4.79 Å². The zero-order valence-electron chi connectivity index (χ0n) is 19.9. The average molecular weight is 427 g/mol. The van der Waals surface area contributed by atoms with E-state index in [0.29, 0.717) is 11.8 Å². The largest absolute Gasteiger partial charge is 0.343 e. The molecule has 0 N–H and O–H groups in total. The van der Waals surface area contributed by atoms with Crippen molar-refractivity contribution >= 4 is 16.8 Å². The first-order valence-electron chi connectivity index (χ1n) is 12.0. The van der Waals surface area contributed by atoms with Gasteiger partial charge in [0, 0.05) is 35.1 Å². The number of nitrogens with zero attached hydrogens (tertiary/aromatic N) is 2. The molecule has 1 aliphatic heterocycles. The second-order valence-electron chi connectivity index (χ2n) is 9.96. The molecule has 4 atom stereocenters. The van der Waals surface area contributed by atoms with E-state index in [-0.39, 0.29) is 18.0 Å². The zero-order valence-corrected chi connectivity index (χ0v) is 19.9. The van der Waals surface area contributed by atoms with Gasteiger partial charge in [-0.15, -0.1) is 0 Å². The minimum atomic E-state index is -0.0124. The number of hydrogen-bond acceptors (Lipinski definition) is 1. The summed E-state index contributed by atoms with van der Waals surface area (Å²) >= 11 is 0. The number of hydrogen-bond donors (Lipinski definition) is 0. The van der Waals surface area contributed by atoms with Crippen LogP contribution in [0.4, 0.5) is 0 Å². The summed E-state index contributed by atoms with van der Waals surface area (Å²) in [7, 11) is 2.16. The first-order valence-corrected chi connectivity index (χ1v) is 12.0. The van der Waals surface area contributed by atoms with Gasteiger partial charge in [-0.3, -0.25) is 4.79 Å². The number of amides is 1. The fourth-order valence-corrected chi connectivity index (χ4v) is 6.18. The lowest BCUT2D eigenvalue weighted by atomic mass is 9.76. The molecule has 0 radical (unpaired) electrons. The molecule has 166 valence electrons. The first kappa shape index (κ1) is 21.1. The summed E-state index contributed by atoms with van der Waals surface area (Å²) in [5, 5.41) is 1.25. The highest BCUT2D eigenvalue weighted by Gasteiger charge is 2.45. The topological polar surface area (TPSA) is 25.2 Å². The fourth-order valence-electron chi connectivity index (χ4n) is 6.18. The average Bonchev–Trinajstić information content (AvgIpc) is 3.22. The van der Waals surface area contributed by atoms with Crippen molar-refractivity contribution in [1.82, 2.24) is 9.47 Å². The smallest absolute Gasteiger partial charge is 0.250 e. The van der Waals surface area contributed by atoms with Crippen LogP contribution in [0.2, 0.25) is 0 Å². The third kappa shape index (κ3) is 3.05. The van der Waals surface area contributed by atoms with Gasteiger partial charge in [-0.1, -0.05) is 75.2 Å². The normalized spacial score (nSPS) is 26.4. The van der Waals surface area contributed by atoms with Crippen LogP contribution in [-0.2, 0) is 11.8 Å². The number of rotatable bonds is 3. The number of fused-ring (bicyclic) bond motifs is 1. The molecule has 1 aromatic heterocycles. The molecule has 3 heteroatoms. The Morgan fingerprint density at radius 1 is 0.906 bits per heavy atom. The van der Waals surface area contributed by atoms with Crippen LogP contribution in [0.3, 0.4) is 0 Å². The van der Waals surface area contributed by atoms with E-state index in [9.17, 15) is 4.79 Å². The van der Waals surface area contributed by atoms with E-state index >= 15 is 0 Å². The molecule has 3 aromatic rings. The Morgan fingerprint density at radius 3 is 2.34 bits per heavy atom. The van der Waals surface area contributed by atoms with Crippen molar-refractivity contribution in [2.75, 3.05) is 0 Å². The summed E-state index contributed by atoms with van der Waals surface area (Å²) in [6, 6.07) is 19.6. The number of aryl methyl sites for hydroxylation is 1. The molecule has 2 aliphatic rings. The second-order valence-corrected chi connectivity index (χ2v) is 9.96. The third-order valence-corrected chi connectivity index (χ3v) is 8.32. The lowest BCUT2D eigenvalue weighted by Crippen LogP contribution is -2.46. The van der Waals surface area contributed by atoms with Crippen LogP contribution in [0.1, 0.15) is 58.6 Å². The number of carbonyl (C=O) groups is 1. The van der Waals surface area contributed by atoms with Gasteiger partial charge in [0.25, 0.3) is 5.91 Å². The number of aromatic nitrogens is 1. The summed E-state index contributed by atoms with van der Waals surface area (Å²) < 4.78 is 2.32. The van der Waals surface area contributed by atoms with Crippen LogP contribution < -0.4 is 0 Å². The molecule has 4 unspecified atom stereocenters. The number of benzene rings is 2. The van der Waals surface area contributed by atoms with E-state index in [0.717, 1.165) is 12.0 Å². The Bertz CT molecular complexity index is 1200. The highest BCUT2D eigenvalue weighted by atomic mass is 16.2. The molecule has 1 fully saturated rings. The van der Waals surface area contributed by atoms with Crippen molar-refractivity contribution in [2.24, 2.45) is 18.9 Å². The molecule has 1 aliphatic carbocycles. The summed E-state index contributed by atoms with van der Waals surface area (Å²) in [4.78, 5) is 16.0. The van der Waals surface area contributed by atoms with Crippen molar-refractivity contribution in [3.63, 3.8) is 0 Å². The van der Waals surface area contributed by atoms with E-state index in [2.05, 4.69) is 91.9 Å². The van der Waals surface area contributed by atoms with Crippen LogP contribution in [0, 0.1) is 11.8 Å². The zero-order chi connectivity index (χ0) is 22.6. The molecular weight excluding hydrogens is 392 g/mol. The number of carbonyl (C=O) groups excluding carboxylic acids is 1. The monoisotopic (exact) mass is 426 g/mol. The Hall–Kier alpha value is -2.81. The van der Waals surface area contributed by atoms with Gasteiger partial charge in [-0.05, 0) is 49.3 Å². The Labute approximate surface area is 191 Å². The second kappa shape index (κ2) is 7.95. The summed E-state index contributed by atoms with van der Waals surface area (Å²) in [5.74, 6) is 1.37. The van der Waals surface area contributed by atoms with Gasteiger partial charge in [0.1, 0.15) is 0 Å². The van der Waals surface area contributed by atoms with Gasteiger partial charge in [0.05, 0.1) is 11.7 Å². The van der Waals surface area contributed by atoms with Crippen LogP contribution in [0.15, 0.2) is 65.7 Å². The van der Waals surface area contributed by atoms with E-state index in [4.69, 9.17) is 0 Å². The van der Waals surface area contributed by atoms with Crippen molar-refractivity contribution in [3.8, 4) is 11.3 Å². The van der Waals surface area contributed by atoms with Gasteiger partial charge >= 0.3 is 0 Å². The minimum absolute atomic E-state index is 0.0124. The molecule has 3 nitrogen and oxygen atoms in total. The van der Waals surface area contributed by atoms with Crippen molar-refractivity contribution in [2.45, 2.75) is 59.0 Å². The molecule has 2 heterocycles. The standard InChI is InChI=1S/C29H34N2O/c1-18-12-11-17-24(19(18)2)31-27(20(3)21(4)29(31)32)26-23-15-9-10-16-25(23)30(5)28(26)22-13-7-6-8-14-22/h6-10,13-16,18-19,24,27H,11-12,17H2,1-5H3. The molecule has 2 aromatic carbocycles. The minimum Gasteiger partial charge on any atom is -0.343 e.